The monoisotopic (exact) mass is 173 g/mol. The summed E-state index contributed by atoms with van der Waals surface area (Å²) in [5, 5.41) is 17.8. The quantitative estimate of drug-likeness (QED) is 0.540. The lowest BCUT2D eigenvalue weighted by Gasteiger charge is -2.05. The van der Waals surface area contributed by atoms with E-state index in [4.69, 9.17) is 10.8 Å². The van der Waals surface area contributed by atoms with Gasteiger partial charge in [0.2, 0.25) is 0 Å². The first kappa shape index (κ1) is 9.48. The predicted molar refractivity (Wildman–Crippen MR) is 43.5 cm³/mol. The molecule has 0 aliphatic heterocycles. The third-order valence-corrected chi connectivity index (χ3v) is 3.30. The topological polar surface area (TPSA) is 83.5 Å². The molecule has 0 spiro atoms. The fourth-order valence-electron chi connectivity index (χ4n) is 1.92. The van der Waals surface area contributed by atoms with Gasteiger partial charge in [0.1, 0.15) is 0 Å². The number of carboxylic acid groups (broad SMARTS) is 1. The second-order valence-corrected chi connectivity index (χ2v) is 4.27. The Balaban J connectivity index is 2.77. The van der Waals surface area contributed by atoms with Crippen molar-refractivity contribution in [1.82, 2.24) is 0 Å². The Labute approximate surface area is 71.4 Å². The summed E-state index contributed by atoms with van der Waals surface area (Å²) in [7, 11) is 0. The Hall–Kier alpha value is -0.610. The summed E-state index contributed by atoms with van der Waals surface area (Å²) in [6.07, 6.45) is -1.34. The fourth-order valence-corrected chi connectivity index (χ4v) is 1.92. The third kappa shape index (κ3) is 0.949. The van der Waals surface area contributed by atoms with Crippen molar-refractivity contribution in [2.75, 3.05) is 0 Å². The fraction of sp³-hybridized carbons (Fsp3) is 0.875. The molecule has 0 saturated heterocycles. The van der Waals surface area contributed by atoms with Gasteiger partial charge in [0.05, 0.1) is 0 Å². The average Bonchev–Trinajstić information content (AvgIpc) is 2.23. The largest absolute Gasteiger partial charge is 0.479 e. The van der Waals surface area contributed by atoms with E-state index in [1.54, 1.807) is 6.92 Å². The number of aliphatic carboxylic acids is 1. The van der Waals surface area contributed by atoms with E-state index in [0.29, 0.717) is 0 Å². The lowest BCUT2D eigenvalue weighted by Crippen LogP contribution is -2.31. The molecule has 1 saturated carbocycles. The van der Waals surface area contributed by atoms with Gasteiger partial charge in [0.15, 0.2) is 6.10 Å². The van der Waals surface area contributed by atoms with E-state index in [1.807, 2.05) is 13.8 Å². The van der Waals surface area contributed by atoms with Crippen LogP contribution in [-0.2, 0) is 4.79 Å². The van der Waals surface area contributed by atoms with Crippen molar-refractivity contribution in [2.45, 2.75) is 32.4 Å². The number of aliphatic hydroxyl groups is 1. The van der Waals surface area contributed by atoms with Crippen molar-refractivity contribution < 1.29 is 15.0 Å². The molecular weight excluding hydrogens is 158 g/mol. The summed E-state index contributed by atoms with van der Waals surface area (Å²) in [4.78, 5) is 10.5. The van der Waals surface area contributed by atoms with E-state index in [2.05, 4.69) is 0 Å². The highest BCUT2D eigenvalue weighted by Crippen LogP contribution is 2.61. The number of hydrogen-bond acceptors (Lipinski definition) is 3. The normalized spacial score (nSPS) is 40.6. The zero-order valence-corrected chi connectivity index (χ0v) is 7.53. The molecule has 0 aromatic carbocycles. The summed E-state index contributed by atoms with van der Waals surface area (Å²) in [6, 6.07) is 0. The van der Waals surface area contributed by atoms with Gasteiger partial charge in [-0.25, -0.2) is 4.79 Å². The molecule has 0 bridgehead atoms. The highest BCUT2D eigenvalue weighted by atomic mass is 16.4. The molecule has 4 N–H and O–H groups in total. The van der Waals surface area contributed by atoms with Crippen LogP contribution in [0.15, 0.2) is 0 Å². The van der Waals surface area contributed by atoms with Gasteiger partial charge >= 0.3 is 5.97 Å². The van der Waals surface area contributed by atoms with E-state index >= 15 is 0 Å². The molecule has 12 heavy (non-hydrogen) atoms. The second-order valence-electron chi connectivity index (χ2n) is 4.27. The molecule has 4 nitrogen and oxygen atoms in total. The minimum absolute atomic E-state index is 0.287. The number of carbonyl (C=O) groups is 1. The van der Waals surface area contributed by atoms with Crippen molar-refractivity contribution in [2.24, 2.45) is 17.1 Å². The van der Waals surface area contributed by atoms with E-state index in [0.717, 1.165) is 0 Å². The van der Waals surface area contributed by atoms with Crippen LogP contribution in [0.2, 0.25) is 0 Å². The van der Waals surface area contributed by atoms with Crippen LogP contribution >= 0.6 is 0 Å². The molecule has 3 atom stereocenters. The van der Waals surface area contributed by atoms with Crippen molar-refractivity contribution in [1.29, 1.82) is 0 Å². The van der Waals surface area contributed by atoms with Crippen LogP contribution < -0.4 is 5.73 Å². The molecule has 0 aromatic heterocycles. The summed E-state index contributed by atoms with van der Waals surface area (Å²) in [6.45, 7) is 5.50. The SMILES string of the molecule is CC1(C)[C@@H]([C@H](O)C(=O)O)[C@]1(C)N. The van der Waals surface area contributed by atoms with Gasteiger partial charge in [-0.05, 0) is 12.3 Å². The number of rotatable bonds is 2. The van der Waals surface area contributed by atoms with Crippen LogP contribution in [-0.4, -0.2) is 27.8 Å². The molecule has 1 aliphatic carbocycles. The predicted octanol–water partition coefficient (Wildman–Crippen LogP) is -0.195. The molecular formula is C8H15NO3. The Morgan fingerprint density at radius 3 is 1.92 bits per heavy atom. The van der Waals surface area contributed by atoms with Crippen molar-refractivity contribution in [3.8, 4) is 0 Å². The number of nitrogens with two attached hydrogens (primary N) is 1. The Kier molecular flexibility index (Phi) is 1.74. The van der Waals surface area contributed by atoms with Crippen LogP contribution in [0, 0.1) is 11.3 Å². The van der Waals surface area contributed by atoms with Crippen LogP contribution in [0.25, 0.3) is 0 Å². The third-order valence-electron chi connectivity index (χ3n) is 3.30. The van der Waals surface area contributed by atoms with Crippen LogP contribution in [0.1, 0.15) is 20.8 Å². The smallest absolute Gasteiger partial charge is 0.332 e. The van der Waals surface area contributed by atoms with Crippen LogP contribution in [0.4, 0.5) is 0 Å². The summed E-state index contributed by atoms with van der Waals surface area (Å²) in [5.74, 6) is -1.54. The Morgan fingerprint density at radius 1 is 1.50 bits per heavy atom. The average molecular weight is 173 g/mol. The zero-order valence-electron chi connectivity index (χ0n) is 7.53. The minimum Gasteiger partial charge on any atom is -0.479 e. The standard InChI is InChI=1S/C8H15NO3/c1-7(2)5(8(7,3)9)4(10)6(11)12/h4-5,10H,9H2,1-3H3,(H,11,12)/t4-,5+,8-/m0/s1. The van der Waals surface area contributed by atoms with E-state index < -0.39 is 17.6 Å². The molecule has 4 heteroatoms. The number of hydrogen-bond donors (Lipinski definition) is 3. The number of carboxylic acids is 1. The maximum atomic E-state index is 10.5. The Bertz CT molecular complexity index is 208. The minimum atomic E-state index is -1.34. The molecule has 1 fully saturated rings. The van der Waals surface area contributed by atoms with Gasteiger partial charge in [-0.15, -0.1) is 0 Å². The summed E-state index contributed by atoms with van der Waals surface area (Å²) >= 11 is 0. The molecule has 0 amide bonds. The van der Waals surface area contributed by atoms with Gasteiger partial charge < -0.3 is 15.9 Å². The highest BCUT2D eigenvalue weighted by molar-refractivity contribution is 5.74. The highest BCUT2D eigenvalue weighted by Gasteiger charge is 2.69. The van der Waals surface area contributed by atoms with Gasteiger partial charge in [-0.2, -0.15) is 0 Å². The van der Waals surface area contributed by atoms with Crippen molar-refractivity contribution in [3.63, 3.8) is 0 Å². The molecule has 0 heterocycles. The zero-order chi connectivity index (χ0) is 9.73. The first-order valence-electron chi connectivity index (χ1n) is 3.92. The van der Waals surface area contributed by atoms with Crippen molar-refractivity contribution in [3.05, 3.63) is 0 Å². The van der Waals surface area contributed by atoms with Crippen LogP contribution in [0.3, 0.4) is 0 Å². The van der Waals surface area contributed by atoms with E-state index in [9.17, 15) is 9.90 Å². The molecule has 0 unspecified atom stereocenters. The lowest BCUT2D eigenvalue weighted by molar-refractivity contribution is -0.148. The first-order valence-corrected chi connectivity index (χ1v) is 3.92. The van der Waals surface area contributed by atoms with E-state index in [-0.39, 0.29) is 11.3 Å². The summed E-state index contributed by atoms with van der Waals surface area (Å²) in [5.41, 5.74) is 4.95. The summed E-state index contributed by atoms with van der Waals surface area (Å²) < 4.78 is 0. The number of aliphatic hydroxyl groups excluding tert-OH is 1. The molecule has 1 rings (SSSR count). The first-order chi connectivity index (χ1) is 5.23. The van der Waals surface area contributed by atoms with Crippen molar-refractivity contribution >= 4 is 5.97 Å². The van der Waals surface area contributed by atoms with E-state index in [1.165, 1.54) is 0 Å². The lowest BCUT2D eigenvalue weighted by atomic mass is 10.1. The molecule has 0 radical (unpaired) electrons. The second kappa shape index (κ2) is 2.20. The van der Waals surface area contributed by atoms with Gasteiger partial charge in [0.25, 0.3) is 0 Å². The molecule has 0 aromatic rings. The molecule has 1 aliphatic rings. The Morgan fingerprint density at radius 2 is 1.83 bits per heavy atom. The van der Waals surface area contributed by atoms with Gasteiger partial charge in [-0.3, -0.25) is 0 Å². The van der Waals surface area contributed by atoms with Gasteiger partial charge in [-0.1, -0.05) is 13.8 Å². The van der Waals surface area contributed by atoms with Crippen LogP contribution in [0.5, 0.6) is 0 Å². The maximum Gasteiger partial charge on any atom is 0.332 e. The molecule has 70 valence electrons. The van der Waals surface area contributed by atoms with Gasteiger partial charge in [0, 0.05) is 11.5 Å². The maximum absolute atomic E-state index is 10.5.